The van der Waals surface area contributed by atoms with Gasteiger partial charge < -0.3 is 4.74 Å². The van der Waals surface area contributed by atoms with Gasteiger partial charge in [0.25, 0.3) is 0 Å². The molecular formula is C15H32OSi. The van der Waals surface area contributed by atoms with Gasteiger partial charge >= 0.3 is 0 Å². The molecule has 0 bridgehead atoms. The number of ether oxygens (including phenoxy) is 1. The summed E-state index contributed by atoms with van der Waals surface area (Å²) in [5.74, 6) is 0.868. The van der Waals surface area contributed by atoms with Crippen LogP contribution in [0.2, 0.25) is 0 Å². The lowest BCUT2D eigenvalue weighted by Gasteiger charge is -2.36. The van der Waals surface area contributed by atoms with Crippen LogP contribution in [0.1, 0.15) is 78.1 Å². The second kappa shape index (κ2) is 8.31. The fourth-order valence-corrected chi connectivity index (χ4v) is 4.34. The lowest BCUT2D eigenvalue weighted by Crippen LogP contribution is -2.38. The summed E-state index contributed by atoms with van der Waals surface area (Å²) in [6.45, 7) is 5.73. The Morgan fingerprint density at radius 1 is 1.18 bits per heavy atom. The Labute approximate surface area is 111 Å². The molecule has 0 spiro atoms. The van der Waals surface area contributed by atoms with Crippen LogP contribution < -0.4 is 0 Å². The van der Waals surface area contributed by atoms with Crippen molar-refractivity contribution in [1.82, 2.24) is 0 Å². The van der Waals surface area contributed by atoms with Crippen molar-refractivity contribution < 1.29 is 4.74 Å². The van der Waals surface area contributed by atoms with Gasteiger partial charge in [0.05, 0.1) is 0 Å². The van der Waals surface area contributed by atoms with E-state index in [1.165, 1.54) is 74.5 Å². The second-order valence-electron chi connectivity index (χ2n) is 6.27. The first-order valence-electron chi connectivity index (χ1n) is 7.80. The van der Waals surface area contributed by atoms with Gasteiger partial charge in [-0.2, -0.15) is 0 Å². The van der Waals surface area contributed by atoms with Crippen molar-refractivity contribution in [3.63, 3.8) is 0 Å². The van der Waals surface area contributed by atoms with Crippen molar-refractivity contribution in [3.8, 4) is 0 Å². The highest BCUT2D eigenvalue weighted by molar-refractivity contribution is 6.14. The number of hydrogen-bond donors (Lipinski definition) is 0. The molecule has 1 nitrogen and oxygen atoms in total. The van der Waals surface area contributed by atoms with Gasteiger partial charge in [0, 0.05) is 22.1 Å². The van der Waals surface area contributed by atoms with Gasteiger partial charge in [-0.15, -0.1) is 0 Å². The van der Waals surface area contributed by atoms with Crippen LogP contribution in [0.4, 0.5) is 0 Å². The minimum absolute atomic E-state index is 0.334. The SMILES string of the molecule is CCCCCCCC(C)CC1([SiH3])CCCCO1. The van der Waals surface area contributed by atoms with E-state index in [2.05, 4.69) is 13.8 Å². The number of rotatable bonds is 8. The van der Waals surface area contributed by atoms with Crippen LogP contribution in [0.3, 0.4) is 0 Å². The molecular weight excluding hydrogens is 224 g/mol. The molecule has 0 radical (unpaired) electrons. The van der Waals surface area contributed by atoms with Gasteiger partial charge in [0.1, 0.15) is 0 Å². The Hall–Kier alpha value is 0.177. The molecule has 1 heterocycles. The molecule has 1 rings (SSSR count). The van der Waals surface area contributed by atoms with E-state index in [0.29, 0.717) is 5.22 Å². The topological polar surface area (TPSA) is 9.23 Å². The van der Waals surface area contributed by atoms with E-state index in [1.54, 1.807) is 0 Å². The van der Waals surface area contributed by atoms with Gasteiger partial charge in [0.15, 0.2) is 0 Å². The monoisotopic (exact) mass is 256 g/mol. The first kappa shape index (κ1) is 15.2. The van der Waals surface area contributed by atoms with Crippen molar-refractivity contribution in [2.75, 3.05) is 6.61 Å². The summed E-state index contributed by atoms with van der Waals surface area (Å²) in [6.07, 6.45) is 13.8. The normalized spacial score (nSPS) is 27.2. The predicted octanol–water partition coefficient (Wildman–Crippen LogP) is 3.64. The Kier molecular flexibility index (Phi) is 7.45. The van der Waals surface area contributed by atoms with Crippen molar-refractivity contribution in [1.29, 1.82) is 0 Å². The van der Waals surface area contributed by atoms with E-state index in [1.807, 2.05) is 0 Å². The summed E-state index contributed by atoms with van der Waals surface area (Å²) in [5, 5.41) is 0.334. The average Bonchev–Trinajstić information content (AvgIpc) is 2.29. The molecule has 102 valence electrons. The van der Waals surface area contributed by atoms with Crippen LogP contribution >= 0.6 is 0 Å². The van der Waals surface area contributed by atoms with Crippen LogP contribution in [0, 0.1) is 5.92 Å². The molecule has 1 fully saturated rings. The molecule has 0 aromatic heterocycles. The number of unbranched alkanes of at least 4 members (excludes halogenated alkanes) is 4. The van der Waals surface area contributed by atoms with Crippen molar-refractivity contribution >= 4 is 10.2 Å². The lowest BCUT2D eigenvalue weighted by atomic mass is 9.93. The molecule has 0 aliphatic carbocycles. The Morgan fingerprint density at radius 3 is 2.59 bits per heavy atom. The van der Waals surface area contributed by atoms with E-state index >= 15 is 0 Å². The smallest absolute Gasteiger partial charge is 0.0488 e. The fraction of sp³-hybridized carbons (Fsp3) is 1.00. The molecule has 2 unspecified atom stereocenters. The zero-order chi connectivity index (χ0) is 12.6. The van der Waals surface area contributed by atoms with Crippen molar-refractivity contribution in [2.24, 2.45) is 5.92 Å². The predicted molar refractivity (Wildman–Crippen MR) is 79.6 cm³/mol. The lowest BCUT2D eigenvalue weighted by molar-refractivity contribution is -0.0315. The van der Waals surface area contributed by atoms with Crippen LogP contribution in [0.5, 0.6) is 0 Å². The van der Waals surface area contributed by atoms with Gasteiger partial charge in [0.2, 0.25) is 0 Å². The van der Waals surface area contributed by atoms with E-state index < -0.39 is 0 Å². The first-order chi connectivity index (χ1) is 8.16. The molecule has 1 aliphatic rings. The molecule has 2 atom stereocenters. The number of hydrogen-bond acceptors (Lipinski definition) is 1. The zero-order valence-electron chi connectivity index (χ0n) is 12.3. The van der Waals surface area contributed by atoms with Gasteiger partial charge in [-0.1, -0.05) is 52.4 Å². The van der Waals surface area contributed by atoms with E-state index in [-0.39, 0.29) is 0 Å². The third-order valence-electron chi connectivity index (χ3n) is 4.13. The van der Waals surface area contributed by atoms with Gasteiger partial charge in [-0.3, -0.25) is 0 Å². The quantitative estimate of drug-likeness (QED) is 0.476. The average molecular weight is 257 g/mol. The third-order valence-corrected chi connectivity index (χ3v) is 5.33. The summed E-state index contributed by atoms with van der Waals surface area (Å²) in [6, 6.07) is 0. The second-order valence-corrected chi connectivity index (χ2v) is 8.09. The highest BCUT2D eigenvalue weighted by atomic mass is 28.1. The molecule has 0 N–H and O–H groups in total. The Morgan fingerprint density at radius 2 is 1.94 bits per heavy atom. The molecule has 2 heteroatoms. The van der Waals surface area contributed by atoms with E-state index in [0.717, 1.165) is 12.5 Å². The summed E-state index contributed by atoms with van der Waals surface area (Å²) < 4.78 is 6.04. The fourth-order valence-electron chi connectivity index (χ4n) is 3.09. The van der Waals surface area contributed by atoms with Crippen molar-refractivity contribution in [3.05, 3.63) is 0 Å². The largest absolute Gasteiger partial charge is 0.380 e. The minimum Gasteiger partial charge on any atom is -0.380 e. The zero-order valence-corrected chi connectivity index (χ0v) is 14.3. The maximum absolute atomic E-state index is 6.04. The molecule has 0 amide bonds. The summed E-state index contributed by atoms with van der Waals surface area (Å²) in [4.78, 5) is 0. The van der Waals surface area contributed by atoms with E-state index in [4.69, 9.17) is 4.74 Å². The summed E-state index contributed by atoms with van der Waals surface area (Å²) in [5.41, 5.74) is 0. The highest BCUT2D eigenvalue weighted by Gasteiger charge is 2.29. The minimum atomic E-state index is 0.334. The summed E-state index contributed by atoms with van der Waals surface area (Å²) >= 11 is 0. The van der Waals surface area contributed by atoms with Crippen LogP contribution in [0.15, 0.2) is 0 Å². The molecule has 0 saturated carbocycles. The first-order valence-corrected chi connectivity index (χ1v) is 8.80. The molecule has 0 aromatic carbocycles. The maximum atomic E-state index is 6.04. The van der Waals surface area contributed by atoms with Crippen LogP contribution in [-0.4, -0.2) is 22.1 Å². The van der Waals surface area contributed by atoms with Crippen LogP contribution in [0.25, 0.3) is 0 Å². The molecule has 0 aromatic rings. The van der Waals surface area contributed by atoms with Gasteiger partial charge in [-0.25, -0.2) is 0 Å². The van der Waals surface area contributed by atoms with Crippen molar-refractivity contribution in [2.45, 2.75) is 83.3 Å². The standard InChI is InChI=1S/C15H32OSi/c1-3-4-5-6-7-10-14(2)13-15(17)11-8-9-12-16-15/h14H,3-13H2,1-2,17H3. The third kappa shape index (κ3) is 6.61. The summed E-state index contributed by atoms with van der Waals surface area (Å²) in [7, 11) is 1.22. The maximum Gasteiger partial charge on any atom is 0.0488 e. The van der Waals surface area contributed by atoms with Gasteiger partial charge in [-0.05, 0) is 31.6 Å². The van der Waals surface area contributed by atoms with E-state index in [9.17, 15) is 0 Å². The van der Waals surface area contributed by atoms with Crippen LogP contribution in [-0.2, 0) is 4.74 Å². The molecule has 17 heavy (non-hydrogen) atoms. The molecule has 1 aliphatic heterocycles. The molecule has 1 saturated heterocycles. The Bertz CT molecular complexity index is 187. The highest BCUT2D eigenvalue weighted by Crippen LogP contribution is 2.30. The Balaban J connectivity index is 2.08.